The Kier molecular flexibility index (Phi) is 6.15. The van der Waals surface area contributed by atoms with Crippen LogP contribution in [0, 0.1) is 0 Å². The lowest BCUT2D eigenvalue weighted by Gasteiger charge is -2.40. The molecular formula is C13H28N2. The van der Waals surface area contributed by atoms with Crippen molar-refractivity contribution in [3.63, 3.8) is 0 Å². The molecule has 0 aromatic carbocycles. The van der Waals surface area contributed by atoms with Gasteiger partial charge in [0.25, 0.3) is 0 Å². The molecule has 0 aliphatic heterocycles. The maximum Gasteiger partial charge on any atom is 0.0200 e. The minimum Gasteiger partial charge on any atom is -0.313 e. The molecule has 1 atom stereocenters. The highest BCUT2D eigenvalue weighted by atomic mass is 15.2. The molecule has 2 heteroatoms. The Morgan fingerprint density at radius 3 is 2.13 bits per heavy atom. The van der Waals surface area contributed by atoms with Crippen LogP contribution in [-0.2, 0) is 0 Å². The van der Waals surface area contributed by atoms with Crippen molar-refractivity contribution >= 4 is 0 Å². The summed E-state index contributed by atoms with van der Waals surface area (Å²) in [5, 5.41) is 3.48. The van der Waals surface area contributed by atoms with Gasteiger partial charge in [-0.1, -0.05) is 19.9 Å². The van der Waals surface area contributed by atoms with E-state index in [-0.39, 0.29) is 5.54 Å². The normalized spacial score (nSPS) is 14.7. The van der Waals surface area contributed by atoms with Gasteiger partial charge in [-0.3, -0.25) is 4.90 Å². The van der Waals surface area contributed by atoms with Gasteiger partial charge in [0.05, 0.1) is 0 Å². The van der Waals surface area contributed by atoms with Gasteiger partial charge >= 0.3 is 0 Å². The number of nitrogens with zero attached hydrogens (tertiary/aromatic N) is 1. The summed E-state index contributed by atoms with van der Waals surface area (Å²) in [6.07, 6.45) is 1.98. The fourth-order valence-electron chi connectivity index (χ4n) is 1.77. The first-order chi connectivity index (χ1) is 6.79. The second-order valence-electron chi connectivity index (χ2n) is 5.52. The van der Waals surface area contributed by atoms with Crippen molar-refractivity contribution < 1.29 is 0 Å². The Hall–Kier alpha value is -0.340. The molecule has 0 rings (SSSR count). The summed E-state index contributed by atoms with van der Waals surface area (Å²) >= 11 is 0. The molecule has 0 radical (unpaired) electrons. The monoisotopic (exact) mass is 212 g/mol. The van der Waals surface area contributed by atoms with Crippen molar-refractivity contribution in [3.05, 3.63) is 12.7 Å². The molecule has 0 bridgehead atoms. The highest BCUT2D eigenvalue weighted by Crippen LogP contribution is 2.16. The summed E-state index contributed by atoms with van der Waals surface area (Å²) < 4.78 is 0. The molecule has 0 aliphatic rings. The van der Waals surface area contributed by atoms with Crippen LogP contribution in [0.4, 0.5) is 0 Å². The van der Waals surface area contributed by atoms with Crippen LogP contribution in [0.25, 0.3) is 0 Å². The van der Waals surface area contributed by atoms with Crippen LogP contribution >= 0.6 is 0 Å². The van der Waals surface area contributed by atoms with Gasteiger partial charge in [-0.05, 0) is 27.7 Å². The lowest BCUT2D eigenvalue weighted by atomic mass is 10.0. The third-order valence-electron chi connectivity index (χ3n) is 2.54. The summed E-state index contributed by atoms with van der Waals surface area (Å²) in [5.74, 6) is 0. The van der Waals surface area contributed by atoms with Gasteiger partial charge in [0, 0.05) is 30.7 Å². The van der Waals surface area contributed by atoms with E-state index in [2.05, 4.69) is 58.3 Å². The Morgan fingerprint density at radius 2 is 1.80 bits per heavy atom. The standard InChI is InChI=1S/C13H28N2/c1-8-9-15(13(5,6)7)12(4)10-14-11(2)3/h8,11-12,14H,1,9-10H2,2-7H3. The molecule has 90 valence electrons. The zero-order valence-corrected chi connectivity index (χ0v) is 11.3. The van der Waals surface area contributed by atoms with Crippen LogP contribution in [0.3, 0.4) is 0 Å². The molecule has 0 amide bonds. The fraction of sp³-hybridized carbons (Fsp3) is 0.846. The van der Waals surface area contributed by atoms with Crippen LogP contribution in [-0.4, -0.2) is 35.6 Å². The van der Waals surface area contributed by atoms with E-state index in [0.29, 0.717) is 12.1 Å². The van der Waals surface area contributed by atoms with Gasteiger partial charge in [0.2, 0.25) is 0 Å². The maximum absolute atomic E-state index is 3.83. The molecule has 0 saturated heterocycles. The molecule has 1 unspecified atom stereocenters. The van der Waals surface area contributed by atoms with Gasteiger partial charge in [-0.25, -0.2) is 0 Å². The van der Waals surface area contributed by atoms with Crippen LogP contribution in [0.2, 0.25) is 0 Å². The van der Waals surface area contributed by atoms with Crippen molar-refractivity contribution in [2.24, 2.45) is 0 Å². The van der Waals surface area contributed by atoms with Gasteiger partial charge in [-0.2, -0.15) is 0 Å². The number of hydrogen-bond acceptors (Lipinski definition) is 2. The Labute approximate surface area is 95.7 Å². The Bertz CT molecular complexity index is 179. The van der Waals surface area contributed by atoms with Crippen LogP contribution in [0.1, 0.15) is 41.5 Å². The smallest absolute Gasteiger partial charge is 0.0200 e. The predicted octanol–water partition coefficient (Wildman–Crippen LogP) is 2.66. The van der Waals surface area contributed by atoms with Crippen molar-refractivity contribution in [1.29, 1.82) is 0 Å². The van der Waals surface area contributed by atoms with Gasteiger partial charge in [0.15, 0.2) is 0 Å². The minimum absolute atomic E-state index is 0.201. The number of rotatable bonds is 6. The zero-order chi connectivity index (χ0) is 12.1. The van der Waals surface area contributed by atoms with Crippen molar-refractivity contribution in [1.82, 2.24) is 10.2 Å². The highest BCUT2D eigenvalue weighted by Gasteiger charge is 2.24. The molecule has 0 fully saturated rings. The zero-order valence-electron chi connectivity index (χ0n) is 11.3. The number of hydrogen-bond donors (Lipinski definition) is 1. The molecule has 0 aliphatic carbocycles. The van der Waals surface area contributed by atoms with Crippen molar-refractivity contribution in [2.75, 3.05) is 13.1 Å². The number of nitrogens with one attached hydrogen (secondary N) is 1. The third-order valence-corrected chi connectivity index (χ3v) is 2.54. The van der Waals surface area contributed by atoms with Crippen molar-refractivity contribution in [2.45, 2.75) is 59.2 Å². The Balaban J connectivity index is 4.29. The SMILES string of the molecule is C=CCN(C(C)CNC(C)C)C(C)(C)C. The Morgan fingerprint density at radius 1 is 1.27 bits per heavy atom. The quantitative estimate of drug-likeness (QED) is 0.681. The predicted molar refractivity (Wildman–Crippen MR) is 69.3 cm³/mol. The maximum atomic E-state index is 3.83. The summed E-state index contributed by atoms with van der Waals surface area (Å²) in [5.41, 5.74) is 0.201. The van der Waals surface area contributed by atoms with E-state index in [4.69, 9.17) is 0 Å². The van der Waals surface area contributed by atoms with E-state index < -0.39 is 0 Å². The van der Waals surface area contributed by atoms with E-state index in [1.807, 2.05) is 6.08 Å². The van der Waals surface area contributed by atoms with Crippen LogP contribution < -0.4 is 5.32 Å². The van der Waals surface area contributed by atoms with Gasteiger partial charge in [-0.15, -0.1) is 6.58 Å². The van der Waals surface area contributed by atoms with Crippen molar-refractivity contribution in [3.8, 4) is 0 Å². The van der Waals surface area contributed by atoms with Crippen LogP contribution in [0.5, 0.6) is 0 Å². The average molecular weight is 212 g/mol. The van der Waals surface area contributed by atoms with Gasteiger partial charge in [0.1, 0.15) is 0 Å². The summed E-state index contributed by atoms with van der Waals surface area (Å²) in [6.45, 7) is 19.2. The summed E-state index contributed by atoms with van der Waals surface area (Å²) in [7, 11) is 0. The minimum atomic E-state index is 0.201. The molecule has 2 nitrogen and oxygen atoms in total. The molecule has 0 spiro atoms. The van der Waals surface area contributed by atoms with E-state index in [1.54, 1.807) is 0 Å². The first-order valence-corrected chi connectivity index (χ1v) is 5.90. The fourth-order valence-corrected chi connectivity index (χ4v) is 1.77. The molecule has 0 heterocycles. The molecule has 0 aromatic rings. The topological polar surface area (TPSA) is 15.3 Å². The molecule has 0 saturated carbocycles. The second-order valence-corrected chi connectivity index (χ2v) is 5.52. The summed E-state index contributed by atoms with van der Waals surface area (Å²) in [4.78, 5) is 2.47. The van der Waals surface area contributed by atoms with E-state index >= 15 is 0 Å². The average Bonchev–Trinajstić information content (AvgIpc) is 2.08. The first kappa shape index (κ1) is 14.7. The first-order valence-electron chi connectivity index (χ1n) is 5.90. The van der Waals surface area contributed by atoms with E-state index in [1.165, 1.54) is 0 Å². The lowest BCUT2D eigenvalue weighted by molar-refractivity contribution is 0.104. The van der Waals surface area contributed by atoms with Gasteiger partial charge < -0.3 is 5.32 Å². The summed E-state index contributed by atoms with van der Waals surface area (Å²) in [6, 6.07) is 1.09. The van der Waals surface area contributed by atoms with E-state index in [0.717, 1.165) is 13.1 Å². The molecule has 15 heavy (non-hydrogen) atoms. The second kappa shape index (κ2) is 6.29. The van der Waals surface area contributed by atoms with Crippen LogP contribution in [0.15, 0.2) is 12.7 Å². The molecule has 0 aromatic heterocycles. The third kappa shape index (κ3) is 5.95. The molecule has 1 N–H and O–H groups in total. The highest BCUT2D eigenvalue weighted by molar-refractivity contribution is 4.87. The molecular weight excluding hydrogens is 184 g/mol. The lowest BCUT2D eigenvalue weighted by Crippen LogP contribution is -2.51. The largest absolute Gasteiger partial charge is 0.313 e. The van der Waals surface area contributed by atoms with E-state index in [9.17, 15) is 0 Å².